The fourth-order valence-electron chi connectivity index (χ4n) is 0.843. The smallest absolute Gasteiger partial charge is 0.159 e. The number of aromatic nitrogens is 3. The van der Waals surface area contributed by atoms with E-state index in [-0.39, 0.29) is 0 Å². The number of aromatic amines is 1. The molecule has 0 fully saturated rings. The molecule has 0 amide bonds. The summed E-state index contributed by atoms with van der Waals surface area (Å²) in [5.74, 6) is 0. The van der Waals surface area contributed by atoms with Crippen molar-refractivity contribution in [3.05, 3.63) is 22.6 Å². The van der Waals surface area contributed by atoms with Gasteiger partial charge in [-0.3, -0.25) is 0 Å². The van der Waals surface area contributed by atoms with E-state index in [0.717, 1.165) is 0 Å². The second-order valence-electron chi connectivity index (χ2n) is 2.03. The molecule has 0 saturated carbocycles. The Kier molecular flexibility index (Phi) is 1.47. The average Bonchev–Trinajstić information content (AvgIpc) is 2.32. The van der Waals surface area contributed by atoms with E-state index in [1.54, 1.807) is 6.20 Å². The summed E-state index contributed by atoms with van der Waals surface area (Å²) < 4.78 is 0. The third kappa shape index (κ3) is 1.06. The molecule has 0 radical (unpaired) electrons. The Balaban J connectivity index is 2.86. The van der Waals surface area contributed by atoms with Gasteiger partial charge < -0.3 is 4.98 Å². The summed E-state index contributed by atoms with van der Waals surface area (Å²) in [5, 5.41) is 0.917. The maximum absolute atomic E-state index is 5.75. The van der Waals surface area contributed by atoms with Crippen LogP contribution in [-0.2, 0) is 0 Å². The quantitative estimate of drug-likeness (QED) is 0.688. The van der Waals surface area contributed by atoms with Crippen LogP contribution >= 0.6 is 23.2 Å². The van der Waals surface area contributed by atoms with Crippen LogP contribution in [0.3, 0.4) is 0 Å². The number of rotatable bonds is 0. The predicted molar refractivity (Wildman–Crippen MR) is 43.9 cm³/mol. The lowest BCUT2D eigenvalue weighted by molar-refractivity contribution is 1.26. The van der Waals surface area contributed by atoms with Crippen LogP contribution < -0.4 is 0 Å². The summed E-state index contributed by atoms with van der Waals surface area (Å²) >= 11 is 11.3. The minimum Gasteiger partial charge on any atom is -0.343 e. The maximum Gasteiger partial charge on any atom is 0.159 e. The van der Waals surface area contributed by atoms with Crippen molar-refractivity contribution in [2.75, 3.05) is 0 Å². The molecule has 11 heavy (non-hydrogen) atoms. The normalized spacial score (nSPS) is 10.7. The zero-order valence-electron chi connectivity index (χ0n) is 5.31. The van der Waals surface area contributed by atoms with Crippen LogP contribution in [0.5, 0.6) is 0 Å². The van der Waals surface area contributed by atoms with Gasteiger partial charge in [-0.25, -0.2) is 9.97 Å². The molecule has 0 spiro atoms. The van der Waals surface area contributed by atoms with Gasteiger partial charge in [0.05, 0.1) is 11.2 Å². The summed E-state index contributed by atoms with van der Waals surface area (Å²) in [5.41, 5.74) is 1.26. The number of nitrogens with zero attached hydrogens (tertiary/aromatic N) is 2. The lowest BCUT2D eigenvalue weighted by Gasteiger charge is -1.88. The van der Waals surface area contributed by atoms with Gasteiger partial charge in [-0.1, -0.05) is 23.2 Å². The molecule has 0 aliphatic heterocycles. The SMILES string of the molecule is Clc1cnc2c(Cl)c[nH]c2n1. The molecule has 0 aliphatic rings. The van der Waals surface area contributed by atoms with Crippen LogP contribution in [0.1, 0.15) is 0 Å². The number of halogens is 2. The highest BCUT2D eigenvalue weighted by Crippen LogP contribution is 2.19. The van der Waals surface area contributed by atoms with E-state index in [4.69, 9.17) is 23.2 Å². The van der Waals surface area contributed by atoms with Gasteiger partial charge in [0.1, 0.15) is 10.7 Å². The average molecular weight is 188 g/mol. The van der Waals surface area contributed by atoms with E-state index < -0.39 is 0 Å². The molecule has 3 nitrogen and oxygen atoms in total. The Bertz CT molecular complexity index is 396. The van der Waals surface area contributed by atoms with E-state index >= 15 is 0 Å². The highest BCUT2D eigenvalue weighted by molar-refractivity contribution is 6.35. The molecule has 1 N–H and O–H groups in total. The highest BCUT2D eigenvalue weighted by Gasteiger charge is 2.02. The van der Waals surface area contributed by atoms with Gasteiger partial charge in [-0.05, 0) is 0 Å². The molecule has 2 heterocycles. The molecule has 5 heteroatoms. The number of nitrogens with one attached hydrogen (secondary N) is 1. The van der Waals surface area contributed by atoms with Crippen molar-refractivity contribution in [1.82, 2.24) is 15.0 Å². The number of hydrogen-bond donors (Lipinski definition) is 1. The first-order chi connectivity index (χ1) is 5.27. The maximum atomic E-state index is 5.75. The summed E-state index contributed by atoms with van der Waals surface area (Å²) in [4.78, 5) is 10.8. The predicted octanol–water partition coefficient (Wildman–Crippen LogP) is 2.26. The van der Waals surface area contributed by atoms with Crippen LogP contribution in [0.15, 0.2) is 12.4 Å². The van der Waals surface area contributed by atoms with E-state index in [0.29, 0.717) is 21.3 Å². The molecule has 2 aromatic heterocycles. The topological polar surface area (TPSA) is 41.6 Å². The molecule has 0 aliphatic carbocycles. The third-order valence-corrected chi connectivity index (χ3v) is 1.78. The van der Waals surface area contributed by atoms with Gasteiger partial charge in [0.2, 0.25) is 0 Å². The minimum absolute atomic E-state index is 0.357. The molecule has 0 bridgehead atoms. The third-order valence-electron chi connectivity index (χ3n) is 1.30. The van der Waals surface area contributed by atoms with Crippen LogP contribution in [0.25, 0.3) is 11.2 Å². The fourth-order valence-corrected chi connectivity index (χ4v) is 1.17. The molecule has 56 valence electrons. The van der Waals surface area contributed by atoms with Crippen molar-refractivity contribution in [3.8, 4) is 0 Å². The zero-order chi connectivity index (χ0) is 7.84. The highest BCUT2D eigenvalue weighted by atomic mass is 35.5. The summed E-state index contributed by atoms with van der Waals surface area (Å²) in [6.07, 6.45) is 3.09. The summed E-state index contributed by atoms with van der Waals surface area (Å²) in [6, 6.07) is 0. The Morgan fingerprint density at radius 1 is 1.36 bits per heavy atom. The first-order valence-corrected chi connectivity index (χ1v) is 3.68. The molecule has 0 aromatic carbocycles. The number of hydrogen-bond acceptors (Lipinski definition) is 2. The second kappa shape index (κ2) is 2.36. The first kappa shape index (κ1) is 6.88. The second-order valence-corrected chi connectivity index (χ2v) is 2.82. The Labute approximate surface area is 72.4 Å². The summed E-state index contributed by atoms with van der Waals surface area (Å²) in [6.45, 7) is 0. The molecular weight excluding hydrogens is 185 g/mol. The van der Waals surface area contributed by atoms with Crippen LogP contribution in [0.4, 0.5) is 0 Å². The van der Waals surface area contributed by atoms with E-state index in [1.165, 1.54) is 6.20 Å². The van der Waals surface area contributed by atoms with E-state index in [9.17, 15) is 0 Å². The molecular formula is C6H3Cl2N3. The van der Waals surface area contributed by atoms with Crippen molar-refractivity contribution >= 4 is 34.4 Å². The molecule has 0 unspecified atom stereocenters. The van der Waals surface area contributed by atoms with Crippen molar-refractivity contribution in [3.63, 3.8) is 0 Å². The van der Waals surface area contributed by atoms with Crippen molar-refractivity contribution < 1.29 is 0 Å². The summed E-state index contributed by atoms with van der Waals surface area (Å²) in [7, 11) is 0. The van der Waals surface area contributed by atoms with Gasteiger partial charge in [-0.15, -0.1) is 0 Å². The van der Waals surface area contributed by atoms with Gasteiger partial charge in [0.15, 0.2) is 5.65 Å². The zero-order valence-corrected chi connectivity index (χ0v) is 6.82. The Hall–Kier alpha value is -0.800. The minimum atomic E-state index is 0.357. The Morgan fingerprint density at radius 2 is 2.18 bits per heavy atom. The van der Waals surface area contributed by atoms with Crippen molar-refractivity contribution in [2.24, 2.45) is 0 Å². The van der Waals surface area contributed by atoms with Crippen LogP contribution in [0.2, 0.25) is 10.2 Å². The van der Waals surface area contributed by atoms with E-state index in [1.807, 2.05) is 0 Å². The van der Waals surface area contributed by atoms with Gasteiger partial charge in [0, 0.05) is 6.20 Å². The Morgan fingerprint density at radius 3 is 3.00 bits per heavy atom. The lowest BCUT2D eigenvalue weighted by Crippen LogP contribution is -1.80. The molecule has 2 aromatic rings. The molecule has 2 rings (SSSR count). The lowest BCUT2D eigenvalue weighted by atomic mass is 10.5. The van der Waals surface area contributed by atoms with Crippen molar-refractivity contribution in [2.45, 2.75) is 0 Å². The number of H-pyrrole nitrogens is 1. The standard InChI is InChI=1S/C6H3Cl2N3/c7-3-1-10-6-5(3)9-2-4(8)11-6/h1-2H,(H,10,11). The monoisotopic (exact) mass is 187 g/mol. The molecule has 0 atom stereocenters. The van der Waals surface area contributed by atoms with Gasteiger partial charge >= 0.3 is 0 Å². The van der Waals surface area contributed by atoms with E-state index in [2.05, 4.69) is 15.0 Å². The van der Waals surface area contributed by atoms with Crippen LogP contribution in [0, 0.1) is 0 Å². The van der Waals surface area contributed by atoms with Gasteiger partial charge in [0.25, 0.3) is 0 Å². The van der Waals surface area contributed by atoms with Crippen LogP contribution in [-0.4, -0.2) is 15.0 Å². The largest absolute Gasteiger partial charge is 0.343 e. The first-order valence-electron chi connectivity index (χ1n) is 2.92. The molecule has 0 saturated heterocycles. The fraction of sp³-hybridized carbons (Fsp3) is 0. The van der Waals surface area contributed by atoms with Crippen molar-refractivity contribution in [1.29, 1.82) is 0 Å². The van der Waals surface area contributed by atoms with Gasteiger partial charge in [-0.2, -0.15) is 0 Å². The number of fused-ring (bicyclic) bond motifs is 1.